The zero-order valence-corrected chi connectivity index (χ0v) is 10.3. The SMILES string of the molecule is C=CC(=O)OCC(COc1ccccc1)OC(N)=O. The van der Waals surface area contributed by atoms with E-state index in [2.05, 4.69) is 6.58 Å². The zero-order chi connectivity index (χ0) is 14.1. The van der Waals surface area contributed by atoms with Gasteiger partial charge in [0.1, 0.15) is 19.0 Å². The maximum Gasteiger partial charge on any atom is 0.405 e. The first-order valence-corrected chi connectivity index (χ1v) is 5.55. The van der Waals surface area contributed by atoms with E-state index in [1.165, 1.54) is 0 Å². The summed E-state index contributed by atoms with van der Waals surface area (Å²) in [6.07, 6.45) is -0.725. The number of nitrogens with two attached hydrogens (primary N) is 1. The van der Waals surface area contributed by atoms with Gasteiger partial charge in [-0.05, 0) is 12.1 Å². The minimum Gasteiger partial charge on any atom is -0.490 e. The number of carbonyl (C=O) groups is 2. The van der Waals surface area contributed by atoms with Crippen LogP contribution in [-0.2, 0) is 14.3 Å². The number of ether oxygens (including phenoxy) is 3. The number of benzene rings is 1. The van der Waals surface area contributed by atoms with Gasteiger partial charge in [-0.3, -0.25) is 0 Å². The first kappa shape index (κ1) is 14.6. The van der Waals surface area contributed by atoms with Crippen molar-refractivity contribution in [1.29, 1.82) is 0 Å². The molecule has 0 aromatic heterocycles. The fraction of sp³-hybridized carbons (Fsp3) is 0.231. The second kappa shape index (κ2) is 7.75. The number of primary amides is 1. The lowest BCUT2D eigenvalue weighted by Gasteiger charge is -2.16. The van der Waals surface area contributed by atoms with Crippen LogP contribution in [0.15, 0.2) is 43.0 Å². The van der Waals surface area contributed by atoms with Crippen LogP contribution >= 0.6 is 0 Å². The minimum absolute atomic E-state index is 0.0252. The van der Waals surface area contributed by atoms with E-state index < -0.39 is 18.2 Å². The highest BCUT2D eigenvalue weighted by Gasteiger charge is 2.15. The number of carbonyl (C=O) groups excluding carboxylic acids is 2. The van der Waals surface area contributed by atoms with Gasteiger partial charge in [-0.25, -0.2) is 9.59 Å². The molecule has 0 saturated carbocycles. The summed E-state index contributed by atoms with van der Waals surface area (Å²) in [5.74, 6) is -0.00611. The Bertz CT molecular complexity index is 432. The highest BCUT2D eigenvalue weighted by molar-refractivity contribution is 5.81. The molecule has 0 aliphatic carbocycles. The van der Waals surface area contributed by atoms with Crippen LogP contribution < -0.4 is 10.5 Å². The molecule has 1 unspecified atom stereocenters. The highest BCUT2D eigenvalue weighted by Crippen LogP contribution is 2.09. The lowest BCUT2D eigenvalue weighted by molar-refractivity contribution is -0.141. The Hall–Kier alpha value is -2.50. The standard InChI is InChI=1S/C13H15NO5/c1-2-12(15)18-9-11(19-13(14)16)8-17-10-6-4-3-5-7-10/h2-7,11H,1,8-9H2,(H2,14,16). The van der Waals surface area contributed by atoms with Crippen molar-refractivity contribution in [3.8, 4) is 5.75 Å². The molecule has 1 rings (SSSR count). The number of hydrogen-bond acceptors (Lipinski definition) is 5. The smallest absolute Gasteiger partial charge is 0.405 e. The zero-order valence-electron chi connectivity index (χ0n) is 10.3. The molecule has 0 radical (unpaired) electrons. The molecular formula is C13H15NO5. The largest absolute Gasteiger partial charge is 0.490 e. The molecule has 1 amide bonds. The second-order valence-corrected chi connectivity index (χ2v) is 3.52. The van der Waals surface area contributed by atoms with Crippen LogP contribution in [0.4, 0.5) is 4.79 Å². The number of para-hydroxylation sites is 1. The normalized spacial score (nSPS) is 11.2. The lowest BCUT2D eigenvalue weighted by atomic mass is 10.3. The third-order valence-corrected chi connectivity index (χ3v) is 2.04. The molecule has 0 fully saturated rings. The molecule has 6 heteroatoms. The Morgan fingerprint density at radius 3 is 2.53 bits per heavy atom. The van der Waals surface area contributed by atoms with Gasteiger partial charge in [0, 0.05) is 6.08 Å². The summed E-state index contributed by atoms with van der Waals surface area (Å²) in [5, 5.41) is 0. The Balaban J connectivity index is 2.47. The van der Waals surface area contributed by atoms with Crippen molar-refractivity contribution in [2.75, 3.05) is 13.2 Å². The van der Waals surface area contributed by atoms with E-state index in [-0.39, 0.29) is 13.2 Å². The number of amides is 1. The highest BCUT2D eigenvalue weighted by atomic mass is 16.6. The third-order valence-electron chi connectivity index (χ3n) is 2.04. The molecule has 0 spiro atoms. The van der Waals surface area contributed by atoms with Crippen LogP contribution in [0.3, 0.4) is 0 Å². The molecule has 2 N–H and O–H groups in total. The van der Waals surface area contributed by atoms with E-state index >= 15 is 0 Å². The van der Waals surface area contributed by atoms with E-state index in [1.54, 1.807) is 24.3 Å². The molecule has 1 atom stereocenters. The number of esters is 1. The minimum atomic E-state index is -0.962. The Morgan fingerprint density at radius 2 is 1.95 bits per heavy atom. The van der Waals surface area contributed by atoms with Crippen molar-refractivity contribution < 1.29 is 23.8 Å². The summed E-state index contributed by atoms with van der Waals surface area (Å²) in [5.41, 5.74) is 4.92. The lowest BCUT2D eigenvalue weighted by Crippen LogP contribution is -2.32. The average Bonchev–Trinajstić information content (AvgIpc) is 2.42. The van der Waals surface area contributed by atoms with Crippen molar-refractivity contribution in [1.82, 2.24) is 0 Å². The average molecular weight is 265 g/mol. The maximum atomic E-state index is 10.9. The summed E-state index contributed by atoms with van der Waals surface area (Å²) >= 11 is 0. The molecule has 0 heterocycles. The third kappa shape index (κ3) is 6.11. The van der Waals surface area contributed by atoms with Crippen molar-refractivity contribution >= 4 is 12.1 Å². The van der Waals surface area contributed by atoms with E-state index in [4.69, 9.17) is 19.9 Å². The van der Waals surface area contributed by atoms with Crippen molar-refractivity contribution in [2.24, 2.45) is 5.73 Å². The van der Waals surface area contributed by atoms with Crippen LogP contribution in [0, 0.1) is 0 Å². The monoisotopic (exact) mass is 265 g/mol. The molecule has 0 aliphatic rings. The molecule has 0 bridgehead atoms. The fourth-order valence-electron chi connectivity index (χ4n) is 1.22. The Morgan fingerprint density at radius 1 is 1.26 bits per heavy atom. The van der Waals surface area contributed by atoms with Crippen molar-refractivity contribution in [3.05, 3.63) is 43.0 Å². The maximum absolute atomic E-state index is 10.9. The van der Waals surface area contributed by atoms with E-state index in [0.717, 1.165) is 6.08 Å². The van der Waals surface area contributed by atoms with Crippen molar-refractivity contribution in [3.63, 3.8) is 0 Å². The Kier molecular flexibility index (Phi) is 5.94. The predicted molar refractivity (Wildman–Crippen MR) is 67.5 cm³/mol. The van der Waals surface area contributed by atoms with Crippen LogP contribution in [0.25, 0.3) is 0 Å². The van der Waals surface area contributed by atoms with E-state index in [0.29, 0.717) is 5.75 Å². The van der Waals surface area contributed by atoms with Gasteiger partial charge < -0.3 is 19.9 Å². The predicted octanol–water partition coefficient (Wildman–Crippen LogP) is 1.26. The van der Waals surface area contributed by atoms with E-state index in [9.17, 15) is 9.59 Å². The molecule has 6 nitrogen and oxygen atoms in total. The van der Waals surface area contributed by atoms with Crippen molar-refractivity contribution in [2.45, 2.75) is 6.10 Å². The first-order chi connectivity index (χ1) is 9.11. The first-order valence-electron chi connectivity index (χ1n) is 5.55. The fourth-order valence-corrected chi connectivity index (χ4v) is 1.22. The summed E-state index contributed by atoms with van der Waals surface area (Å²) in [6.45, 7) is 3.13. The van der Waals surface area contributed by atoms with E-state index in [1.807, 2.05) is 6.07 Å². The van der Waals surface area contributed by atoms with Gasteiger partial charge >= 0.3 is 12.1 Å². The van der Waals surface area contributed by atoms with Gasteiger partial charge in [0.2, 0.25) is 0 Å². The molecule has 102 valence electrons. The molecule has 19 heavy (non-hydrogen) atoms. The van der Waals surface area contributed by atoms with Crippen LogP contribution in [-0.4, -0.2) is 31.4 Å². The summed E-state index contributed by atoms with van der Waals surface area (Å²) in [4.78, 5) is 21.6. The molecule has 1 aromatic carbocycles. The summed E-state index contributed by atoms with van der Waals surface area (Å²) in [6, 6.07) is 8.94. The van der Waals surface area contributed by atoms with Crippen LogP contribution in [0.1, 0.15) is 0 Å². The quantitative estimate of drug-likeness (QED) is 0.592. The van der Waals surface area contributed by atoms with Gasteiger partial charge in [0.05, 0.1) is 0 Å². The van der Waals surface area contributed by atoms with Gasteiger partial charge in [0.15, 0.2) is 6.10 Å². The second-order valence-electron chi connectivity index (χ2n) is 3.52. The van der Waals surface area contributed by atoms with Gasteiger partial charge in [-0.2, -0.15) is 0 Å². The number of rotatable bonds is 7. The molecular weight excluding hydrogens is 250 g/mol. The molecule has 1 aromatic rings. The van der Waals surface area contributed by atoms with Gasteiger partial charge in [-0.15, -0.1) is 0 Å². The van der Waals surface area contributed by atoms with Gasteiger partial charge in [0.25, 0.3) is 0 Å². The van der Waals surface area contributed by atoms with Crippen LogP contribution in [0.2, 0.25) is 0 Å². The summed E-state index contributed by atoms with van der Waals surface area (Å²) in [7, 11) is 0. The molecule has 0 saturated heterocycles. The molecule has 0 aliphatic heterocycles. The van der Waals surface area contributed by atoms with Gasteiger partial charge in [-0.1, -0.05) is 24.8 Å². The topological polar surface area (TPSA) is 87.8 Å². The summed E-state index contributed by atoms with van der Waals surface area (Å²) < 4.78 is 14.9. The Labute approximate surface area is 110 Å². The van der Waals surface area contributed by atoms with Crippen LogP contribution in [0.5, 0.6) is 5.75 Å². The number of hydrogen-bond donors (Lipinski definition) is 1.